The highest BCUT2D eigenvalue weighted by atomic mass is 16.4. The molecule has 21 heavy (non-hydrogen) atoms. The maximum absolute atomic E-state index is 12.3. The highest BCUT2D eigenvalue weighted by molar-refractivity contribution is 5.73. The standard InChI is InChI=1S/C15H21N3O3/c1-2-6-18-7-5-16-13(14(18)19)17-12-10-4-3-9(8-10)11(12)15(20)21/h5,7,9-12H,2-4,6,8H2,1H3,(H,16,17)(H,20,21). The summed E-state index contributed by atoms with van der Waals surface area (Å²) in [5, 5.41) is 12.6. The van der Waals surface area contributed by atoms with Crippen LogP contribution < -0.4 is 10.9 Å². The van der Waals surface area contributed by atoms with Gasteiger partial charge in [0.05, 0.1) is 5.92 Å². The third-order valence-corrected chi connectivity index (χ3v) is 4.88. The molecule has 1 aromatic heterocycles. The van der Waals surface area contributed by atoms with Crippen molar-refractivity contribution in [2.45, 2.75) is 45.2 Å². The number of aliphatic carboxylic acids is 1. The Bertz CT molecular complexity index is 598. The minimum atomic E-state index is -0.760. The predicted octanol–water partition coefficient (Wildman–Crippen LogP) is 1.56. The van der Waals surface area contributed by atoms with Crippen molar-refractivity contribution in [3.63, 3.8) is 0 Å². The number of hydrogen-bond donors (Lipinski definition) is 2. The van der Waals surface area contributed by atoms with Crippen LogP contribution in [-0.4, -0.2) is 26.7 Å². The molecule has 0 radical (unpaired) electrons. The smallest absolute Gasteiger partial charge is 0.308 e. The van der Waals surface area contributed by atoms with Crippen molar-refractivity contribution >= 4 is 11.8 Å². The van der Waals surface area contributed by atoms with Crippen LogP contribution >= 0.6 is 0 Å². The molecule has 0 aliphatic heterocycles. The molecular formula is C15H21N3O3. The van der Waals surface area contributed by atoms with Gasteiger partial charge in [-0.05, 0) is 37.5 Å². The summed E-state index contributed by atoms with van der Waals surface area (Å²) in [5.41, 5.74) is -0.161. The molecule has 0 spiro atoms. The zero-order chi connectivity index (χ0) is 15.0. The Morgan fingerprint density at radius 2 is 2.24 bits per heavy atom. The van der Waals surface area contributed by atoms with Crippen molar-refractivity contribution in [1.29, 1.82) is 0 Å². The van der Waals surface area contributed by atoms with Gasteiger partial charge in [0.15, 0.2) is 5.82 Å². The summed E-state index contributed by atoms with van der Waals surface area (Å²) in [4.78, 5) is 27.9. The Balaban J connectivity index is 1.85. The average molecular weight is 291 g/mol. The van der Waals surface area contributed by atoms with E-state index >= 15 is 0 Å². The SMILES string of the molecule is CCCn1ccnc(NC2C3CCC(C3)C2C(=O)O)c1=O. The maximum Gasteiger partial charge on any atom is 0.308 e. The fourth-order valence-corrected chi connectivity index (χ4v) is 3.98. The van der Waals surface area contributed by atoms with E-state index in [9.17, 15) is 14.7 Å². The number of fused-ring (bicyclic) bond motifs is 2. The number of carbonyl (C=O) groups is 1. The molecule has 114 valence electrons. The van der Waals surface area contributed by atoms with Crippen molar-refractivity contribution in [3.8, 4) is 0 Å². The molecule has 2 bridgehead atoms. The van der Waals surface area contributed by atoms with Crippen molar-refractivity contribution in [3.05, 3.63) is 22.7 Å². The number of carboxylic acids is 1. The molecule has 0 aromatic carbocycles. The lowest BCUT2D eigenvalue weighted by atomic mass is 9.84. The molecule has 2 saturated carbocycles. The average Bonchev–Trinajstić information content (AvgIpc) is 3.04. The summed E-state index contributed by atoms with van der Waals surface area (Å²) in [7, 11) is 0. The van der Waals surface area contributed by atoms with Crippen molar-refractivity contribution in [2.24, 2.45) is 17.8 Å². The maximum atomic E-state index is 12.3. The zero-order valence-corrected chi connectivity index (χ0v) is 12.2. The second-order valence-corrected chi connectivity index (χ2v) is 6.14. The van der Waals surface area contributed by atoms with E-state index in [0.29, 0.717) is 12.5 Å². The highest BCUT2D eigenvalue weighted by Crippen LogP contribution is 2.49. The molecule has 4 atom stereocenters. The Morgan fingerprint density at radius 3 is 2.95 bits per heavy atom. The fraction of sp³-hybridized carbons (Fsp3) is 0.667. The molecule has 1 aromatic rings. The molecule has 6 nitrogen and oxygen atoms in total. The van der Waals surface area contributed by atoms with E-state index in [0.717, 1.165) is 25.7 Å². The minimum absolute atomic E-state index is 0.161. The van der Waals surface area contributed by atoms with Crippen LogP contribution in [0.3, 0.4) is 0 Å². The predicted molar refractivity (Wildman–Crippen MR) is 78.2 cm³/mol. The summed E-state index contributed by atoms with van der Waals surface area (Å²) in [6.07, 6.45) is 7.12. The normalized spacial score (nSPS) is 30.5. The molecule has 1 heterocycles. The van der Waals surface area contributed by atoms with Crippen LogP contribution in [0.15, 0.2) is 17.2 Å². The third-order valence-electron chi connectivity index (χ3n) is 4.88. The minimum Gasteiger partial charge on any atom is -0.481 e. The van der Waals surface area contributed by atoms with Crippen LogP contribution in [0.25, 0.3) is 0 Å². The molecule has 3 rings (SSSR count). The van der Waals surface area contributed by atoms with Crippen LogP contribution in [0.5, 0.6) is 0 Å². The van der Waals surface area contributed by atoms with Gasteiger partial charge < -0.3 is 15.0 Å². The van der Waals surface area contributed by atoms with Crippen molar-refractivity contribution in [1.82, 2.24) is 9.55 Å². The molecule has 4 unspecified atom stereocenters. The molecule has 0 saturated heterocycles. The quantitative estimate of drug-likeness (QED) is 0.860. The molecule has 0 amide bonds. The van der Waals surface area contributed by atoms with E-state index in [2.05, 4.69) is 10.3 Å². The number of rotatable bonds is 5. The largest absolute Gasteiger partial charge is 0.481 e. The van der Waals surface area contributed by atoms with Gasteiger partial charge in [0, 0.05) is 25.0 Å². The van der Waals surface area contributed by atoms with E-state index in [1.807, 2.05) is 6.92 Å². The molecule has 2 N–H and O–H groups in total. The Morgan fingerprint density at radius 1 is 1.48 bits per heavy atom. The van der Waals surface area contributed by atoms with Crippen LogP contribution in [-0.2, 0) is 11.3 Å². The first-order valence-corrected chi connectivity index (χ1v) is 7.66. The number of nitrogens with one attached hydrogen (secondary N) is 1. The van der Waals surface area contributed by atoms with Gasteiger partial charge in [-0.1, -0.05) is 6.92 Å². The molecular weight excluding hydrogens is 270 g/mol. The van der Waals surface area contributed by atoms with Gasteiger partial charge in [-0.2, -0.15) is 0 Å². The van der Waals surface area contributed by atoms with E-state index in [1.165, 1.54) is 0 Å². The molecule has 6 heteroatoms. The van der Waals surface area contributed by atoms with Crippen molar-refractivity contribution in [2.75, 3.05) is 5.32 Å². The van der Waals surface area contributed by atoms with Gasteiger partial charge in [-0.25, -0.2) is 4.98 Å². The van der Waals surface area contributed by atoms with E-state index in [4.69, 9.17) is 0 Å². The Kier molecular flexibility index (Phi) is 3.69. The summed E-state index contributed by atoms with van der Waals surface area (Å²) >= 11 is 0. The molecule has 2 aliphatic carbocycles. The van der Waals surface area contributed by atoms with E-state index in [-0.39, 0.29) is 23.3 Å². The first-order chi connectivity index (χ1) is 10.1. The van der Waals surface area contributed by atoms with Gasteiger partial charge in [-0.3, -0.25) is 9.59 Å². The summed E-state index contributed by atoms with van der Waals surface area (Å²) in [6, 6.07) is -0.168. The third kappa shape index (κ3) is 2.43. The second-order valence-electron chi connectivity index (χ2n) is 6.14. The fourth-order valence-electron chi connectivity index (χ4n) is 3.98. The lowest BCUT2D eigenvalue weighted by molar-refractivity contribution is -0.143. The van der Waals surface area contributed by atoms with Gasteiger partial charge in [0.2, 0.25) is 0 Å². The van der Waals surface area contributed by atoms with Gasteiger partial charge >= 0.3 is 5.97 Å². The number of hydrogen-bond acceptors (Lipinski definition) is 4. The van der Waals surface area contributed by atoms with Crippen molar-refractivity contribution < 1.29 is 9.90 Å². The summed E-state index contributed by atoms with van der Waals surface area (Å²) in [6.45, 7) is 2.66. The van der Waals surface area contributed by atoms with Gasteiger partial charge in [0.1, 0.15) is 0 Å². The first kappa shape index (κ1) is 14.1. The van der Waals surface area contributed by atoms with Gasteiger partial charge in [0.25, 0.3) is 5.56 Å². The summed E-state index contributed by atoms with van der Waals surface area (Å²) in [5.74, 6) is -0.284. The second kappa shape index (κ2) is 5.50. The highest BCUT2D eigenvalue weighted by Gasteiger charge is 2.51. The lowest BCUT2D eigenvalue weighted by Gasteiger charge is -2.29. The van der Waals surface area contributed by atoms with Crippen LogP contribution in [0.4, 0.5) is 5.82 Å². The van der Waals surface area contributed by atoms with Gasteiger partial charge in [-0.15, -0.1) is 0 Å². The Hall–Kier alpha value is -1.85. The topological polar surface area (TPSA) is 84.2 Å². The molecule has 2 aliphatic rings. The number of anilines is 1. The lowest BCUT2D eigenvalue weighted by Crippen LogP contribution is -2.41. The van der Waals surface area contributed by atoms with Crippen LogP contribution in [0.1, 0.15) is 32.6 Å². The number of aryl methyl sites for hydroxylation is 1. The number of aromatic nitrogens is 2. The first-order valence-electron chi connectivity index (χ1n) is 7.66. The number of nitrogens with zero attached hydrogens (tertiary/aromatic N) is 2. The van der Waals surface area contributed by atoms with Crippen LogP contribution in [0.2, 0.25) is 0 Å². The van der Waals surface area contributed by atoms with E-state index in [1.54, 1.807) is 17.0 Å². The van der Waals surface area contributed by atoms with E-state index < -0.39 is 11.9 Å². The monoisotopic (exact) mass is 291 g/mol. The summed E-state index contributed by atoms with van der Waals surface area (Å²) < 4.78 is 1.62. The zero-order valence-electron chi connectivity index (χ0n) is 12.2. The molecule has 2 fully saturated rings. The Labute approximate surface area is 123 Å². The number of carboxylic acid groups (broad SMARTS) is 1. The van der Waals surface area contributed by atoms with Crippen LogP contribution in [0, 0.1) is 17.8 Å².